The van der Waals surface area contributed by atoms with E-state index in [1.807, 2.05) is 0 Å². The van der Waals surface area contributed by atoms with Gasteiger partial charge in [0.1, 0.15) is 0 Å². The lowest BCUT2D eigenvalue weighted by Gasteiger charge is -2.23. The van der Waals surface area contributed by atoms with Gasteiger partial charge in [0.15, 0.2) is 6.33 Å². The van der Waals surface area contributed by atoms with Crippen molar-refractivity contribution in [3.63, 3.8) is 0 Å². The van der Waals surface area contributed by atoms with E-state index in [1.54, 1.807) is 0 Å². The number of aliphatic hydroxyl groups excluding tert-OH is 1. The molecular formula is C13H23N3O3. The van der Waals surface area contributed by atoms with E-state index in [0.29, 0.717) is 38.1 Å². The third-order valence-electron chi connectivity index (χ3n) is 3.38. The molecule has 1 atom stereocenters. The Kier molecular flexibility index (Phi) is 6.26. The van der Waals surface area contributed by atoms with Crippen LogP contribution in [0.4, 0.5) is 0 Å². The molecule has 1 aliphatic carbocycles. The minimum atomic E-state index is -0.454. The van der Waals surface area contributed by atoms with Gasteiger partial charge in [0.25, 0.3) is 0 Å². The van der Waals surface area contributed by atoms with Crippen LogP contribution in [-0.2, 0) is 11.2 Å². The van der Waals surface area contributed by atoms with Gasteiger partial charge in [-0.2, -0.15) is 4.98 Å². The van der Waals surface area contributed by atoms with Gasteiger partial charge in [0.2, 0.25) is 5.89 Å². The SMILES string of the molecule is OC(CNCCc1ncno1)COC1CCCCC1. The lowest BCUT2D eigenvalue weighted by Crippen LogP contribution is -2.33. The Labute approximate surface area is 113 Å². The van der Waals surface area contributed by atoms with E-state index in [2.05, 4.69) is 15.5 Å². The van der Waals surface area contributed by atoms with Crippen molar-refractivity contribution in [3.8, 4) is 0 Å². The number of nitrogens with one attached hydrogen (secondary N) is 1. The molecule has 1 aliphatic rings. The highest BCUT2D eigenvalue weighted by molar-refractivity contribution is 4.75. The third kappa shape index (κ3) is 5.67. The van der Waals surface area contributed by atoms with Crippen molar-refractivity contribution < 1.29 is 14.4 Å². The van der Waals surface area contributed by atoms with Crippen molar-refractivity contribution in [2.24, 2.45) is 0 Å². The summed E-state index contributed by atoms with van der Waals surface area (Å²) in [6.07, 6.45) is 8.06. The first-order chi connectivity index (χ1) is 9.34. The Balaban J connectivity index is 1.48. The van der Waals surface area contributed by atoms with Crippen molar-refractivity contribution in [1.82, 2.24) is 15.5 Å². The standard InChI is InChI=1S/C13H23N3O3/c17-11(9-18-12-4-2-1-3-5-12)8-14-7-6-13-15-10-16-19-13/h10-12,14,17H,1-9H2. The summed E-state index contributed by atoms with van der Waals surface area (Å²) in [6, 6.07) is 0. The zero-order chi connectivity index (χ0) is 13.3. The molecule has 6 heteroatoms. The number of aromatic nitrogens is 2. The minimum Gasteiger partial charge on any atom is -0.389 e. The molecule has 1 fully saturated rings. The molecule has 108 valence electrons. The number of aliphatic hydroxyl groups is 1. The van der Waals surface area contributed by atoms with Crippen LogP contribution in [0.3, 0.4) is 0 Å². The van der Waals surface area contributed by atoms with Gasteiger partial charge in [-0.25, -0.2) is 0 Å². The fourth-order valence-corrected chi connectivity index (χ4v) is 2.31. The maximum absolute atomic E-state index is 9.80. The fraction of sp³-hybridized carbons (Fsp3) is 0.846. The molecule has 0 radical (unpaired) electrons. The number of rotatable bonds is 8. The Morgan fingerprint density at radius 1 is 1.42 bits per heavy atom. The Morgan fingerprint density at radius 2 is 2.26 bits per heavy atom. The molecule has 2 N–H and O–H groups in total. The van der Waals surface area contributed by atoms with Gasteiger partial charge >= 0.3 is 0 Å². The summed E-state index contributed by atoms with van der Waals surface area (Å²) in [6.45, 7) is 1.65. The van der Waals surface area contributed by atoms with E-state index in [0.717, 1.165) is 12.8 Å². The van der Waals surface area contributed by atoms with Gasteiger partial charge in [0, 0.05) is 19.5 Å². The Morgan fingerprint density at radius 3 is 3.00 bits per heavy atom. The molecule has 0 saturated heterocycles. The highest BCUT2D eigenvalue weighted by Crippen LogP contribution is 2.20. The van der Waals surface area contributed by atoms with E-state index >= 15 is 0 Å². The maximum atomic E-state index is 9.80. The monoisotopic (exact) mass is 269 g/mol. The van der Waals surface area contributed by atoms with Crippen molar-refractivity contribution >= 4 is 0 Å². The van der Waals surface area contributed by atoms with Gasteiger partial charge in [-0.1, -0.05) is 24.4 Å². The quantitative estimate of drug-likeness (QED) is 0.683. The molecule has 1 aromatic heterocycles. The average molecular weight is 269 g/mol. The maximum Gasteiger partial charge on any atom is 0.227 e. The second-order valence-electron chi connectivity index (χ2n) is 5.04. The second kappa shape index (κ2) is 8.24. The lowest BCUT2D eigenvalue weighted by atomic mass is 9.98. The Bertz CT molecular complexity index is 326. The van der Waals surface area contributed by atoms with Crippen LogP contribution < -0.4 is 5.32 Å². The van der Waals surface area contributed by atoms with Crippen LogP contribution in [0.5, 0.6) is 0 Å². The topological polar surface area (TPSA) is 80.4 Å². The predicted molar refractivity (Wildman–Crippen MR) is 69.7 cm³/mol. The van der Waals surface area contributed by atoms with Crippen LogP contribution in [0.2, 0.25) is 0 Å². The van der Waals surface area contributed by atoms with Crippen molar-refractivity contribution in [1.29, 1.82) is 0 Å². The summed E-state index contributed by atoms with van der Waals surface area (Å²) < 4.78 is 10.6. The van der Waals surface area contributed by atoms with Crippen molar-refractivity contribution in [2.75, 3.05) is 19.7 Å². The summed E-state index contributed by atoms with van der Waals surface area (Å²) in [5.74, 6) is 0.612. The Hall–Kier alpha value is -0.980. The minimum absolute atomic E-state index is 0.349. The van der Waals surface area contributed by atoms with Crippen LogP contribution in [0.25, 0.3) is 0 Å². The summed E-state index contributed by atoms with van der Waals surface area (Å²) in [5, 5.41) is 16.5. The molecule has 1 heterocycles. The zero-order valence-electron chi connectivity index (χ0n) is 11.3. The first-order valence-corrected chi connectivity index (χ1v) is 7.10. The number of ether oxygens (including phenoxy) is 1. The lowest BCUT2D eigenvalue weighted by molar-refractivity contribution is -0.0229. The second-order valence-corrected chi connectivity index (χ2v) is 5.04. The third-order valence-corrected chi connectivity index (χ3v) is 3.38. The molecule has 0 aliphatic heterocycles. The fourth-order valence-electron chi connectivity index (χ4n) is 2.31. The first-order valence-electron chi connectivity index (χ1n) is 7.10. The smallest absolute Gasteiger partial charge is 0.227 e. The highest BCUT2D eigenvalue weighted by Gasteiger charge is 2.15. The van der Waals surface area contributed by atoms with Gasteiger partial charge in [-0.3, -0.25) is 0 Å². The molecule has 2 rings (SSSR count). The molecular weight excluding hydrogens is 246 g/mol. The molecule has 1 saturated carbocycles. The molecule has 0 spiro atoms. The van der Waals surface area contributed by atoms with Crippen LogP contribution >= 0.6 is 0 Å². The van der Waals surface area contributed by atoms with Crippen LogP contribution in [0, 0.1) is 0 Å². The first kappa shape index (κ1) is 14.4. The van der Waals surface area contributed by atoms with E-state index in [-0.39, 0.29) is 0 Å². The number of hydrogen-bond acceptors (Lipinski definition) is 6. The molecule has 0 aromatic carbocycles. The molecule has 6 nitrogen and oxygen atoms in total. The van der Waals surface area contributed by atoms with Gasteiger partial charge < -0.3 is 19.7 Å². The molecule has 19 heavy (non-hydrogen) atoms. The highest BCUT2D eigenvalue weighted by atomic mass is 16.5. The average Bonchev–Trinajstić information content (AvgIpc) is 2.96. The van der Waals surface area contributed by atoms with E-state index in [1.165, 1.54) is 25.6 Å². The summed E-state index contributed by atoms with van der Waals surface area (Å²) in [5.41, 5.74) is 0. The number of nitrogens with zero attached hydrogens (tertiary/aromatic N) is 2. The van der Waals surface area contributed by atoms with Crippen LogP contribution in [0.15, 0.2) is 10.9 Å². The molecule has 1 aromatic rings. The number of hydrogen-bond donors (Lipinski definition) is 2. The molecule has 0 amide bonds. The molecule has 1 unspecified atom stereocenters. The summed E-state index contributed by atoms with van der Waals surface area (Å²) >= 11 is 0. The van der Waals surface area contributed by atoms with Gasteiger partial charge in [-0.05, 0) is 12.8 Å². The van der Waals surface area contributed by atoms with Crippen LogP contribution in [0.1, 0.15) is 38.0 Å². The van der Waals surface area contributed by atoms with E-state index in [4.69, 9.17) is 9.26 Å². The zero-order valence-corrected chi connectivity index (χ0v) is 11.3. The van der Waals surface area contributed by atoms with Crippen molar-refractivity contribution in [3.05, 3.63) is 12.2 Å². The normalized spacial score (nSPS) is 18.6. The van der Waals surface area contributed by atoms with Crippen LogP contribution in [-0.4, -0.2) is 47.2 Å². The van der Waals surface area contributed by atoms with Gasteiger partial charge in [0.05, 0.1) is 18.8 Å². The van der Waals surface area contributed by atoms with E-state index < -0.39 is 6.10 Å². The largest absolute Gasteiger partial charge is 0.389 e. The summed E-state index contributed by atoms with van der Waals surface area (Å²) in [7, 11) is 0. The van der Waals surface area contributed by atoms with Crippen molar-refractivity contribution in [2.45, 2.75) is 50.7 Å². The predicted octanol–water partition coefficient (Wildman–Crippen LogP) is 0.912. The summed E-state index contributed by atoms with van der Waals surface area (Å²) in [4.78, 5) is 3.93. The van der Waals surface area contributed by atoms with E-state index in [9.17, 15) is 5.11 Å². The van der Waals surface area contributed by atoms with Gasteiger partial charge in [-0.15, -0.1) is 0 Å². The molecule has 0 bridgehead atoms.